The molecule has 0 unspecified atom stereocenters. The van der Waals surface area contributed by atoms with E-state index in [1.807, 2.05) is 72.8 Å². The van der Waals surface area contributed by atoms with Crippen molar-refractivity contribution in [3.63, 3.8) is 0 Å². The predicted octanol–water partition coefficient (Wildman–Crippen LogP) is 7.98. The van der Waals surface area contributed by atoms with Crippen molar-refractivity contribution in [2.45, 2.75) is 6.92 Å². The van der Waals surface area contributed by atoms with Crippen LogP contribution in [0, 0.1) is 6.92 Å². The Bertz CT molecular complexity index is 1110. The quantitative estimate of drug-likeness (QED) is 0.335. The molecule has 0 amide bonds. The topological polar surface area (TPSA) is 49.4 Å². The summed E-state index contributed by atoms with van der Waals surface area (Å²) >= 11 is 0. The van der Waals surface area contributed by atoms with Crippen molar-refractivity contribution in [3.05, 3.63) is 96.6 Å². The van der Waals surface area contributed by atoms with Crippen LogP contribution >= 0.6 is 0 Å². The van der Waals surface area contributed by atoms with Gasteiger partial charge in [0.2, 0.25) is 0 Å². The van der Waals surface area contributed by atoms with E-state index in [-0.39, 0.29) is 0 Å². The molecular formula is C23H18N4. The van der Waals surface area contributed by atoms with Gasteiger partial charge in [-0.1, -0.05) is 48.5 Å². The molecule has 0 aliphatic heterocycles. The molecule has 4 aromatic carbocycles. The van der Waals surface area contributed by atoms with Gasteiger partial charge in [0.05, 0.1) is 22.7 Å². The summed E-state index contributed by atoms with van der Waals surface area (Å²) in [7, 11) is 0. The van der Waals surface area contributed by atoms with Crippen LogP contribution in [0.5, 0.6) is 0 Å². The molecule has 0 aliphatic rings. The molecule has 0 saturated heterocycles. The normalized spacial score (nSPS) is 11.6. The molecule has 0 saturated carbocycles. The molecule has 130 valence electrons. The number of nitrogens with zero attached hydrogens (tertiary/aromatic N) is 4. The van der Waals surface area contributed by atoms with Crippen LogP contribution in [-0.4, -0.2) is 0 Å². The molecule has 4 nitrogen and oxygen atoms in total. The zero-order valence-corrected chi connectivity index (χ0v) is 14.9. The summed E-state index contributed by atoms with van der Waals surface area (Å²) in [5.74, 6) is 0. The van der Waals surface area contributed by atoms with Gasteiger partial charge >= 0.3 is 0 Å². The molecule has 0 heterocycles. The lowest BCUT2D eigenvalue weighted by Crippen LogP contribution is -1.78. The van der Waals surface area contributed by atoms with E-state index in [1.165, 1.54) is 10.9 Å². The third kappa shape index (κ3) is 3.96. The van der Waals surface area contributed by atoms with Crippen LogP contribution in [0.25, 0.3) is 10.8 Å². The number of fused-ring (bicyclic) bond motifs is 1. The van der Waals surface area contributed by atoms with E-state index in [4.69, 9.17) is 0 Å². The molecule has 0 radical (unpaired) electrons. The minimum absolute atomic E-state index is 0.776. The van der Waals surface area contributed by atoms with Gasteiger partial charge in [-0.25, -0.2) is 0 Å². The summed E-state index contributed by atoms with van der Waals surface area (Å²) in [6, 6.07) is 29.5. The van der Waals surface area contributed by atoms with E-state index in [0.29, 0.717) is 0 Å². The van der Waals surface area contributed by atoms with Crippen molar-refractivity contribution >= 4 is 33.5 Å². The van der Waals surface area contributed by atoms with Gasteiger partial charge in [0.25, 0.3) is 0 Å². The molecule has 0 aliphatic carbocycles. The first-order valence-electron chi connectivity index (χ1n) is 8.76. The van der Waals surface area contributed by atoms with Gasteiger partial charge in [0.1, 0.15) is 0 Å². The van der Waals surface area contributed by atoms with E-state index in [0.717, 1.165) is 28.1 Å². The van der Waals surface area contributed by atoms with Gasteiger partial charge in [0, 0.05) is 5.39 Å². The van der Waals surface area contributed by atoms with Crippen molar-refractivity contribution in [2.24, 2.45) is 20.5 Å². The Morgan fingerprint density at radius 3 is 1.63 bits per heavy atom. The highest BCUT2D eigenvalue weighted by Gasteiger charge is 2.02. The standard InChI is InChI=1S/C23H18N4/c1-17-11-16-23(22-10-6-5-9-21(17)22)27-26-20-14-12-19(13-15-20)25-24-18-7-3-2-4-8-18/h2-16H,1H3. The van der Waals surface area contributed by atoms with Crippen molar-refractivity contribution < 1.29 is 0 Å². The highest BCUT2D eigenvalue weighted by Crippen LogP contribution is 2.30. The lowest BCUT2D eigenvalue weighted by molar-refractivity contribution is 1.21. The van der Waals surface area contributed by atoms with Crippen molar-refractivity contribution in [1.29, 1.82) is 0 Å². The highest BCUT2D eigenvalue weighted by atomic mass is 15.1. The first kappa shape index (κ1) is 16.8. The Morgan fingerprint density at radius 2 is 0.963 bits per heavy atom. The lowest BCUT2D eigenvalue weighted by atomic mass is 10.0. The summed E-state index contributed by atoms with van der Waals surface area (Å²) < 4.78 is 0. The molecular weight excluding hydrogens is 332 g/mol. The molecule has 0 spiro atoms. The fourth-order valence-electron chi connectivity index (χ4n) is 2.83. The molecule has 0 N–H and O–H groups in total. The first-order chi connectivity index (χ1) is 13.3. The summed E-state index contributed by atoms with van der Waals surface area (Å²) in [4.78, 5) is 0. The number of rotatable bonds is 4. The van der Waals surface area contributed by atoms with Crippen molar-refractivity contribution in [3.8, 4) is 0 Å². The summed E-state index contributed by atoms with van der Waals surface area (Å²) in [5.41, 5.74) is 4.48. The van der Waals surface area contributed by atoms with E-state index in [2.05, 4.69) is 45.6 Å². The second-order valence-electron chi connectivity index (χ2n) is 6.20. The zero-order chi connectivity index (χ0) is 18.5. The van der Waals surface area contributed by atoms with Crippen LogP contribution in [0.2, 0.25) is 0 Å². The Kier molecular flexibility index (Phi) is 4.79. The summed E-state index contributed by atoms with van der Waals surface area (Å²) in [6.07, 6.45) is 0. The van der Waals surface area contributed by atoms with Gasteiger partial charge in [-0.2, -0.15) is 15.3 Å². The first-order valence-corrected chi connectivity index (χ1v) is 8.76. The number of aryl methyl sites for hydroxylation is 1. The van der Waals surface area contributed by atoms with Crippen LogP contribution in [0.4, 0.5) is 22.7 Å². The number of hydrogen-bond acceptors (Lipinski definition) is 4. The molecule has 0 fully saturated rings. The number of benzene rings is 4. The van der Waals surface area contributed by atoms with Gasteiger partial charge < -0.3 is 0 Å². The van der Waals surface area contributed by atoms with Gasteiger partial charge in [-0.15, -0.1) is 5.11 Å². The van der Waals surface area contributed by atoms with E-state index in [1.54, 1.807) is 0 Å². The Labute approximate surface area is 157 Å². The molecule has 4 rings (SSSR count). The molecule has 0 bridgehead atoms. The lowest BCUT2D eigenvalue weighted by Gasteiger charge is -2.04. The van der Waals surface area contributed by atoms with Crippen molar-refractivity contribution in [1.82, 2.24) is 0 Å². The van der Waals surface area contributed by atoms with Crippen LogP contribution in [-0.2, 0) is 0 Å². The van der Waals surface area contributed by atoms with Crippen LogP contribution in [0.3, 0.4) is 0 Å². The molecule has 27 heavy (non-hydrogen) atoms. The zero-order valence-electron chi connectivity index (χ0n) is 14.9. The maximum absolute atomic E-state index is 4.44. The minimum atomic E-state index is 0.776. The Hall–Kier alpha value is -3.66. The highest BCUT2D eigenvalue weighted by molar-refractivity contribution is 5.94. The smallest absolute Gasteiger partial charge is 0.0935 e. The van der Waals surface area contributed by atoms with Crippen LogP contribution in [0.1, 0.15) is 5.56 Å². The maximum atomic E-state index is 4.44. The molecule has 0 aromatic heterocycles. The number of hydrogen-bond donors (Lipinski definition) is 0. The monoisotopic (exact) mass is 350 g/mol. The third-order valence-electron chi connectivity index (χ3n) is 4.28. The van der Waals surface area contributed by atoms with Gasteiger partial charge in [0.15, 0.2) is 0 Å². The van der Waals surface area contributed by atoms with Crippen LogP contribution in [0.15, 0.2) is 111 Å². The second-order valence-corrected chi connectivity index (χ2v) is 6.20. The molecule has 0 atom stereocenters. The molecule has 4 aromatic rings. The van der Waals surface area contributed by atoms with E-state index >= 15 is 0 Å². The number of azo groups is 2. The second kappa shape index (κ2) is 7.70. The average Bonchev–Trinajstić information content (AvgIpc) is 2.73. The van der Waals surface area contributed by atoms with Gasteiger partial charge in [-0.3, -0.25) is 0 Å². The third-order valence-corrected chi connectivity index (χ3v) is 4.28. The predicted molar refractivity (Wildman–Crippen MR) is 110 cm³/mol. The van der Waals surface area contributed by atoms with Crippen LogP contribution < -0.4 is 0 Å². The van der Waals surface area contributed by atoms with E-state index < -0.39 is 0 Å². The SMILES string of the molecule is Cc1ccc(N=Nc2ccc(N=Nc3ccccc3)cc2)c2ccccc12. The largest absolute Gasteiger partial charge is 0.151 e. The minimum Gasteiger partial charge on any atom is -0.151 e. The Morgan fingerprint density at radius 1 is 0.444 bits per heavy atom. The summed E-state index contributed by atoms with van der Waals surface area (Å²) in [6.45, 7) is 2.10. The fourth-order valence-corrected chi connectivity index (χ4v) is 2.83. The fraction of sp³-hybridized carbons (Fsp3) is 0.0435. The average molecular weight is 350 g/mol. The summed E-state index contributed by atoms with van der Waals surface area (Å²) in [5, 5.41) is 19.6. The van der Waals surface area contributed by atoms with E-state index in [9.17, 15) is 0 Å². The maximum Gasteiger partial charge on any atom is 0.0935 e. The molecule has 4 heteroatoms. The van der Waals surface area contributed by atoms with Crippen molar-refractivity contribution in [2.75, 3.05) is 0 Å². The van der Waals surface area contributed by atoms with Gasteiger partial charge in [-0.05, 0) is 60.3 Å². The Balaban J connectivity index is 1.54.